The molecule has 0 radical (unpaired) electrons. The summed E-state index contributed by atoms with van der Waals surface area (Å²) >= 11 is 0.997. The molecule has 0 atom stereocenters. The van der Waals surface area contributed by atoms with Crippen molar-refractivity contribution < 1.29 is 19.2 Å². The summed E-state index contributed by atoms with van der Waals surface area (Å²) in [7, 11) is 0. The number of nitro benzene ring substituents is 1. The molecule has 1 fully saturated rings. The number of amides is 1. The molecule has 8 nitrogen and oxygen atoms in total. The number of aromatic hydroxyl groups is 1. The number of nitrogens with zero attached hydrogens (tertiary/aromatic N) is 2. The summed E-state index contributed by atoms with van der Waals surface area (Å²) in [6, 6.07) is 15.8. The van der Waals surface area contributed by atoms with E-state index >= 15 is 0 Å². The molecule has 1 aliphatic heterocycles. The van der Waals surface area contributed by atoms with Gasteiger partial charge in [0.25, 0.3) is 10.9 Å². The number of nitro groups is 1. The quantitative estimate of drug-likeness (QED) is 0.459. The molecular formula is C20H13N3O5S. The van der Waals surface area contributed by atoms with Gasteiger partial charge in [-0.3, -0.25) is 14.9 Å². The second kappa shape index (κ2) is 7.64. The molecular weight excluding hydrogens is 394 g/mol. The van der Waals surface area contributed by atoms with E-state index in [9.17, 15) is 20.0 Å². The molecule has 0 unspecified atom stereocenters. The fraction of sp³-hybridized carbons (Fsp3) is 0. The lowest BCUT2D eigenvalue weighted by Crippen LogP contribution is -2.18. The molecule has 4 rings (SSSR count). The van der Waals surface area contributed by atoms with Crippen molar-refractivity contribution in [2.24, 2.45) is 4.99 Å². The minimum absolute atomic E-state index is 0.00433. The molecule has 1 amide bonds. The monoisotopic (exact) mass is 407 g/mol. The average Bonchev–Trinajstić information content (AvgIpc) is 3.30. The molecule has 2 N–H and O–H groups in total. The molecule has 144 valence electrons. The van der Waals surface area contributed by atoms with E-state index in [-0.39, 0.29) is 16.7 Å². The standard InChI is InChI=1S/C20H13N3O5S/c24-15-7-3-13(4-8-15)21-19-18(29-20(25)22-19)11-16-9-10-17(28-16)12-1-5-14(6-2-12)23(26)27/h1-11,24H,(H,21,22,25). The highest BCUT2D eigenvalue weighted by atomic mass is 32.2. The Labute approximate surface area is 168 Å². The van der Waals surface area contributed by atoms with Crippen LogP contribution in [0.4, 0.5) is 16.2 Å². The van der Waals surface area contributed by atoms with Gasteiger partial charge in [0.05, 0.1) is 15.5 Å². The van der Waals surface area contributed by atoms with E-state index in [1.807, 2.05) is 0 Å². The number of phenols is 1. The third-order valence-electron chi connectivity index (χ3n) is 4.01. The maximum Gasteiger partial charge on any atom is 0.289 e. The summed E-state index contributed by atoms with van der Waals surface area (Å²) in [5.74, 6) is 1.57. The largest absolute Gasteiger partial charge is 0.508 e. The molecule has 0 saturated carbocycles. The number of rotatable bonds is 4. The number of phenolic OH excluding ortho intramolecular Hbond substituents is 1. The van der Waals surface area contributed by atoms with Crippen molar-refractivity contribution >= 4 is 40.3 Å². The molecule has 0 aliphatic carbocycles. The highest BCUT2D eigenvalue weighted by Gasteiger charge is 2.24. The van der Waals surface area contributed by atoms with Gasteiger partial charge in [0.2, 0.25) is 0 Å². The first-order valence-electron chi connectivity index (χ1n) is 8.41. The molecule has 0 bridgehead atoms. The Bertz CT molecular complexity index is 1150. The van der Waals surface area contributed by atoms with E-state index in [4.69, 9.17) is 4.42 Å². The van der Waals surface area contributed by atoms with Crippen LogP contribution in [0, 0.1) is 10.1 Å². The van der Waals surface area contributed by atoms with E-state index in [0.717, 1.165) is 11.8 Å². The van der Waals surface area contributed by atoms with E-state index in [1.165, 1.54) is 24.3 Å². The Morgan fingerprint density at radius 3 is 2.48 bits per heavy atom. The van der Waals surface area contributed by atoms with Gasteiger partial charge >= 0.3 is 0 Å². The molecule has 29 heavy (non-hydrogen) atoms. The Balaban J connectivity index is 1.60. The van der Waals surface area contributed by atoms with Crippen molar-refractivity contribution in [1.82, 2.24) is 5.32 Å². The van der Waals surface area contributed by atoms with E-state index in [1.54, 1.807) is 42.5 Å². The third kappa shape index (κ3) is 4.19. The normalized spacial score (nSPS) is 16.3. The van der Waals surface area contributed by atoms with Crippen LogP contribution < -0.4 is 5.32 Å². The lowest BCUT2D eigenvalue weighted by molar-refractivity contribution is -0.384. The smallest absolute Gasteiger partial charge is 0.289 e. The van der Waals surface area contributed by atoms with Crippen LogP contribution in [-0.2, 0) is 0 Å². The van der Waals surface area contributed by atoms with Crippen LogP contribution in [0.2, 0.25) is 0 Å². The van der Waals surface area contributed by atoms with Crippen molar-refractivity contribution in [2.75, 3.05) is 0 Å². The predicted octanol–water partition coefficient (Wildman–Crippen LogP) is 5.09. The minimum atomic E-state index is -0.460. The van der Waals surface area contributed by atoms with Gasteiger partial charge in [-0.05, 0) is 66.4 Å². The summed E-state index contributed by atoms with van der Waals surface area (Å²) in [5.41, 5.74) is 1.29. The lowest BCUT2D eigenvalue weighted by atomic mass is 10.1. The van der Waals surface area contributed by atoms with Crippen LogP contribution in [-0.4, -0.2) is 21.1 Å². The van der Waals surface area contributed by atoms with Gasteiger partial charge in [0.1, 0.15) is 23.1 Å². The minimum Gasteiger partial charge on any atom is -0.508 e. The third-order valence-corrected chi connectivity index (χ3v) is 4.83. The second-order valence-electron chi connectivity index (χ2n) is 6.01. The van der Waals surface area contributed by atoms with Crippen molar-refractivity contribution in [1.29, 1.82) is 0 Å². The topological polar surface area (TPSA) is 118 Å². The molecule has 1 aliphatic rings. The Hall–Kier alpha value is -3.85. The van der Waals surface area contributed by atoms with E-state index in [2.05, 4.69) is 10.3 Å². The maximum absolute atomic E-state index is 11.8. The second-order valence-corrected chi connectivity index (χ2v) is 7.02. The van der Waals surface area contributed by atoms with Crippen molar-refractivity contribution in [3.8, 4) is 17.1 Å². The number of benzene rings is 2. The van der Waals surface area contributed by atoms with Gasteiger partial charge in [-0.25, -0.2) is 4.99 Å². The zero-order valence-corrected chi connectivity index (χ0v) is 15.6. The number of nitrogens with one attached hydrogen (secondary N) is 1. The molecule has 1 saturated heterocycles. The van der Waals surface area contributed by atoms with Crippen LogP contribution in [0.25, 0.3) is 17.4 Å². The average molecular weight is 407 g/mol. The van der Waals surface area contributed by atoms with Gasteiger partial charge in [0, 0.05) is 17.7 Å². The Kier molecular flexibility index (Phi) is 4.88. The van der Waals surface area contributed by atoms with Gasteiger partial charge in [-0.15, -0.1) is 0 Å². The highest BCUT2D eigenvalue weighted by Crippen LogP contribution is 2.31. The summed E-state index contributed by atoms with van der Waals surface area (Å²) in [6.45, 7) is 0. The van der Waals surface area contributed by atoms with Crippen molar-refractivity contribution in [3.63, 3.8) is 0 Å². The van der Waals surface area contributed by atoms with Gasteiger partial charge in [-0.2, -0.15) is 0 Å². The number of non-ortho nitro benzene ring substituents is 1. The summed E-state index contributed by atoms with van der Waals surface area (Å²) in [6.07, 6.45) is 1.69. The summed E-state index contributed by atoms with van der Waals surface area (Å²) in [5, 5.41) is 22.6. The zero-order chi connectivity index (χ0) is 20.4. The molecule has 9 heteroatoms. The number of hydrogen-bond donors (Lipinski definition) is 2. The van der Waals surface area contributed by atoms with Crippen LogP contribution in [0.5, 0.6) is 5.75 Å². The van der Waals surface area contributed by atoms with E-state index in [0.29, 0.717) is 33.5 Å². The summed E-state index contributed by atoms with van der Waals surface area (Å²) < 4.78 is 5.79. The zero-order valence-electron chi connectivity index (χ0n) is 14.7. The molecule has 1 aromatic heterocycles. The first-order valence-corrected chi connectivity index (χ1v) is 9.23. The number of thioether (sulfide) groups is 1. The number of amidine groups is 1. The predicted molar refractivity (Wildman–Crippen MR) is 110 cm³/mol. The SMILES string of the molecule is O=C1NC(=Nc2ccc(O)cc2)C(=Cc2ccc(-c3ccc([N+](=O)[O-])cc3)o2)S1. The molecule has 0 spiro atoms. The van der Waals surface area contributed by atoms with Gasteiger partial charge in [-0.1, -0.05) is 0 Å². The molecule has 2 heterocycles. The van der Waals surface area contributed by atoms with Crippen LogP contribution in [0.3, 0.4) is 0 Å². The highest BCUT2D eigenvalue weighted by molar-refractivity contribution is 8.18. The Morgan fingerprint density at radius 2 is 1.79 bits per heavy atom. The molecule has 3 aromatic rings. The number of aliphatic imine (C=N–C) groups is 1. The fourth-order valence-electron chi connectivity index (χ4n) is 2.63. The van der Waals surface area contributed by atoms with Crippen LogP contribution in [0.15, 0.2) is 75.0 Å². The van der Waals surface area contributed by atoms with Crippen molar-refractivity contribution in [3.05, 3.63) is 81.4 Å². The number of furan rings is 1. The first kappa shape index (κ1) is 18.5. The van der Waals surface area contributed by atoms with Crippen LogP contribution >= 0.6 is 11.8 Å². The summed E-state index contributed by atoms with van der Waals surface area (Å²) in [4.78, 5) is 27.1. The molecule has 2 aromatic carbocycles. The number of hydrogen-bond acceptors (Lipinski definition) is 7. The van der Waals surface area contributed by atoms with Gasteiger partial charge < -0.3 is 14.8 Å². The van der Waals surface area contributed by atoms with Gasteiger partial charge in [0.15, 0.2) is 0 Å². The number of carbonyl (C=O) groups is 1. The van der Waals surface area contributed by atoms with E-state index < -0.39 is 4.92 Å². The maximum atomic E-state index is 11.8. The fourth-order valence-corrected chi connectivity index (χ4v) is 3.35. The first-order chi connectivity index (χ1) is 14.0. The number of carbonyl (C=O) groups excluding carboxylic acids is 1. The van der Waals surface area contributed by atoms with Crippen molar-refractivity contribution in [2.45, 2.75) is 0 Å². The van der Waals surface area contributed by atoms with Crippen LogP contribution in [0.1, 0.15) is 5.76 Å². The Morgan fingerprint density at radius 1 is 1.07 bits per heavy atom. The lowest BCUT2D eigenvalue weighted by Gasteiger charge is -2.00.